The van der Waals surface area contributed by atoms with Crippen molar-refractivity contribution >= 4 is 5.69 Å². The zero-order chi connectivity index (χ0) is 12.2. The molecule has 18 heavy (non-hydrogen) atoms. The van der Waals surface area contributed by atoms with Crippen molar-refractivity contribution < 1.29 is 4.74 Å². The molecule has 0 spiro atoms. The van der Waals surface area contributed by atoms with Gasteiger partial charge in [-0.25, -0.2) is 0 Å². The van der Waals surface area contributed by atoms with Crippen LogP contribution in [0.3, 0.4) is 0 Å². The Hall–Kier alpha value is -1.96. The molecule has 2 aromatic rings. The number of anilines is 1. The molecular formula is C16H17NO. The maximum absolute atomic E-state index is 5.81. The van der Waals surface area contributed by atoms with Gasteiger partial charge in [0.1, 0.15) is 11.5 Å². The smallest absolute Gasteiger partial charge is 0.129 e. The Morgan fingerprint density at radius 3 is 2.39 bits per heavy atom. The normalized spacial score (nSPS) is 14.9. The van der Waals surface area contributed by atoms with Crippen molar-refractivity contribution in [3.05, 3.63) is 54.6 Å². The molecule has 0 aromatic heterocycles. The summed E-state index contributed by atoms with van der Waals surface area (Å²) < 4.78 is 5.81. The van der Waals surface area contributed by atoms with Crippen LogP contribution in [0, 0.1) is 0 Å². The molecule has 1 saturated carbocycles. The summed E-state index contributed by atoms with van der Waals surface area (Å²) in [5.74, 6) is 1.75. The van der Waals surface area contributed by atoms with Crippen molar-refractivity contribution in [2.75, 3.05) is 5.32 Å². The van der Waals surface area contributed by atoms with Gasteiger partial charge in [0.05, 0.1) is 0 Å². The maximum Gasteiger partial charge on any atom is 0.129 e. The van der Waals surface area contributed by atoms with Gasteiger partial charge in [-0.15, -0.1) is 0 Å². The fourth-order valence-electron chi connectivity index (χ4n) is 2.06. The lowest BCUT2D eigenvalue weighted by molar-refractivity contribution is 0.445. The molecule has 0 heterocycles. The van der Waals surface area contributed by atoms with Crippen LogP contribution in [0.5, 0.6) is 11.5 Å². The molecule has 3 rings (SSSR count). The Kier molecular flexibility index (Phi) is 3.18. The van der Waals surface area contributed by atoms with Crippen molar-refractivity contribution in [1.29, 1.82) is 0 Å². The lowest BCUT2D eigenvalue weighted by Crippen LogP contribution is -2.26. The predicted octanol–water partition coefficient (Wildman–Crippen LogP) is 4.44. The highest BCUT2D eigenvalue weighted by Crippen LogP contribution is 2.27. The fourth-order valence-corrected chi connectivity index (χ4v) is 2.06. The number of benzene rings is 2. The van der Waals surface area contributed by atoms with Gasteiger partial charge in [-0.1, -0.05) is 24.3 Å². The molecule has 2 aromatic carbocycles. The van der Waals surface area contributed by atoms with E-state index >= 15 is 0 Å². The second kappa shape index (κ2) is 5.13. The lowest BCUT2D eigenvalue weighted by atomic mass is 9.93. The minimum Gasteiger partial charge on any atom is -0.457 e. The second-order valence-corrected chi connectivity index (χ2v) is 4.72. The highest BCUT2D eigenvalue weighted by atomic mass is 16.5. The summed E-state index contributed by atoms with van der Waals surface area (Å²) in [5, 5.41) is 3.52. The topological polar surface area (TPSA) is 21.3 Å². The van der Waals surface area contributed by atoms with Gasteiger partial charge in [0, 0.05) is 17.8 Å². The van der Waals surface area contributed by atoms with E-state index in [9.17, 15) is 0 Å². The Morgan fingerprint density at radius 1 is 0.889 bits per heavy atom. The Labute approximate surface area is 108 Å². The van der Waals surface area contributed by atoms with Crippen molar-refractivity contribution in [1.82, 2.24) is 0 Å². The molecule has 0 atom stereocenters. The van der Waals surface area contributed by atoms with Gasteiger partial charge < -0.3 is 10.1 Å². The highest BCUT2D eigenvalue weighted by Gasteiger charge is 2.16. The van der Waals surface area contributed by atoms with E-state index in [0.29, 0.717) is 6.04 Å². The summed E-state index contributed by atoms with van der Waals surface area (Å²) in [6.45, 7) is 0. The van der Waals surface area contributed by atoms with Gasteiger partial charge in [0.25, 0.3) is 0 Å². The lowest BCUT2D eigenvalue weighted by Gasteiger charge is -2.27. The van der Waals surface area contributed by atoms with Gasteiger partial charge in [0.2, 0.25) is 0 Å². The molecule has 2 heteroatoms. The van der Waals surface area contributed by atoms with E-state index in [1.807, 2.05) is 42.5 Å². The van der Waals surface area contributed by atoms with Gasteiger partial charge >= 0.3 is 0 Å². The summed E-state index contributed by atoms with van der Waals surface area (Å²) in [7, 11) is 0. The molecule has 2 nitrogen and oxygen atoms in total. The summed E-state index contributed by atoms with van der Waals surface area (Å²) in [4.78, 5) is 0. The average Bonchev–Trinajstić information content (AvgIpc) is 2.36. The van der Waals surface area contributed by atoms with Crippen LogP contribution >= 0.6 is 0 Å². The number of rotatable bonds is 4. The van der Waals surface area contributed by atoms with Gasteiger partial charge in [-0.3, -0.25) is 0 Å². The minimum atomic E-state index is 0.650. The van der Waals surface area contributed by atoms with Crippen LogP contribution in [0.2, 0.25) is 0 Å². The van der Waals surface area contributed by atoms with Crippen LogP contribution in [-0.4, -0.2) is 6.04 Å². The summed E-state index contributed by atoms with van der Waals surface area (Å²) in [6, 6.07) is 18.7. The molecule has 0 bridgehead atoms. The van der Waals surface area contributed by atoms with Crippen LogP contribution < -0.4 is 10.1 Å². The van der Waals surface area contributed by atoms with Crippen molar-refractivity contribution in [3.8, 4) is 11.5 Å². The number of ether oxygens (including phenoxy) is 1. The SMILES string of the molecule is c1ccc(Oc2cccc(NC3CCC3)c2)cc1. The number of para-hydroxylation sites is 1. The molecular weight excluding hydrogens is 222 g/mol. The first kappa shape index (κ1) is 11.1. The van der Waals surface area contributed by atoms with Gasteiger partial charge in [-0.2, -0.15) is 0 Å². The van der Waals surface area contributed by atoms with Crippen molar-refractivity contribution in [2.24, 2.45) is 0 Å². The third-order valence-corrected chi connectivity index (χ3v) is 3.29. The van der Waals surface area contributed by atoms with Crippen molar-refractivity contribution in [2.45, 2.75) is 25.3 Å². The molecule has 0 amide bonds. The second-order valence-electron chi connectivity index (χ2n) is 4.72. The first-order valence-electron chi connectivity index (χ1n) is 6.50. The third-order valence-electron chi connectivity index (χ3n) is 3.29. The first-order valence-corrected chi connectivity index (χ1v) is 6.50. The molecule has 92 valence electrons. The van der Waals surface area contributed by atoms with Crippen LogP contribution in [0.15, 0.2) is 54.6 Å². The third kappa shape index (κ3) is 2.65. The zero-order valence-electron chi connectivity index (χ0n) is 10.3. The molecule has 0 unspecified atom stereocenters. The highest BCUT2D eigenvalue weighted by molar-refractivity contribution is 5.50. The molecule has 1 aliphatic carbocycles. The number of nitrogens with one attached hydrogen (secondary N) is 1. The molecule has 0 aliphatic heterocycles. The molecule has 0 saturated heterocycles. The number of hydrogen-bond acceptors (Lipinski definition) is 2. The molecule has 1 fully saturated rings. The Morgan fingerprint density at radius 2 is 1.67 bits per heavy atom. The molecule has 1 aliphatic rings. The predicted molar refractivity (Wildman–Crippen MR) is 74.2 cm³/mol. The van der Waals surface area contributed by atoms with Crippen LogP contribution in [0.4, 0.5) is 5.69 Å². The summed E-state index contributed by atoms with van der Waals surface area (Å²) >= 11 is 0. The minimum absolute atomic E-state index is 0.650. The monoisotopic (exact) mass is 239 g/mol. The van der Waals surface area contributed by atoms with E-state index in [4.69, 9.17) is 4.74 Å². The number of hydrogen-bond donors (Lipinski definition) is 1. The Bertz CT molecular complexity index is 506. The average molecular weight is 239 g/mol. The largest absolute Gasteiger partial charge is 0.457 e. The van der Waals surface area contributed by atoms with Crippen LogP contribution in [0.25, 0.3) is 0 Å². The van der Waals surface area contributed by atoms with E-state index in [2.05, 4.69) is 17.4 Å². The van der Waals surface area contributed by atoms with Crippen LogP contribution in [-0.2, 0) is 0 Å². The molecule has 0 radical (unpaired) electrons. The van der Waals surface area contributed by atoms with E-state index < -0.39 is 0 Å². The van der Waals surface area contributed by atoms with E-state index in [0.717, 1.165) is 17.2 Å². The fraction of sp³-hybridized carbons (Fsp3) is 0.250. The van der Waals surface area contributed by atoms with Gasteiger partial charge in [0.15, 0.2) is 0 Å². The standard InChI is InChI=1S/C16H17NO/c1-2-9-15(10-3-1)18-16-11-5-8-14(12-16)17-13-6-4-7-13/h1-3,5,8-13,17H,4,6-7H2. The van der Waals surface area contributed by atoms with Crippen molar-refractivity contribution in [3.63, 3.8) is 0 Å². The van der Waals surface area contributed by atoms with E-state index in [-0.39, 0.29) is 0 Å². The van der Waals surface area contributed by atoms with Crippen LogP contribution in [0.1, 0.15) is 19.3 Å². The maximum atomic E-state index is 5.81. The van der Waals surface area contributed by atoms with E-state index in [1.54, 1.807) is 0 Å². The summed E-state index contributed by atoms with van der Waals surface area (Å²) in [5.41, 5.74) is 1.15. The summed E-state index contributed by atoms with van der Waals surface area (Å²) in [6.07, 6.45) is 3.91. The van der Waals surface area contributed by atoms with E-state index in [1.165, 1.54) is 19.3 Å². The quantitative estimate of drug-likeness (QED) is 0.851. The van der Waals surface area contributed by atoms with Gasteiger partial charge in [-0.05, 0) is 43.5 Å². The first-order chi connectivity index (χ1) is 8.90. The zero-order valence-corrected chi connectivity index (χ0v) is 10.3. The molecule has 1 N–H and O–H groups in total. The Balaban J connectivity index is 1.70.